The number of carbonyl (C=O) groups excluding carboxylic acids is 1. The van der Waals surface area contributed by atoms with Crippen molar-refractivity contribution in [2.75, 3.05) is 0 Å². The molecule has 4 heteroatoms. The summed E-state index contributed by atoms with van der Waals surface area (Å²) in [7, 11) is 0. The van der Waals surface area contributed by atoms with E-state index in [0.717, 1.165) is 11.1 Å². The standard InChI is InChI=1S/C17H18N2OS/c1-13(15-10-6-3-7-11-15)19-16(20)17(21)18-12-14-8-4-2-5-9-14/h2-11,13H,12H2,1H3,(H,18,21)(H,19,20). The van der Waals surface area contributed by atoms with Crippen molar-refractivity contribution >= 4 is 23.1 Å². The molecule has 0 aliphatic carbocycles. The van der Waals surface area contributed by atoms with E-state index in [9.17, 15) is 4.79 Å². The monoisotopic (exact) mass is 298 g/mol. The third-order valence-electron chi connectivity index (χ3n) is 3.15. The second-order valence-corrected chi connectivity index (χ2v) is 5.18. The van der Waals surface area contributed by atoms with Gasteiger partial charge in [0.2, 0.25) is 0 Å². The Hall–Kier alpha value is -2.20. The van der Waals surface area contributed by atoms with Gasteiger partial charge in [-0.05, 0) is 18.1 Å². The lowest BCUT2D eigenvalue weighted by Gasteiger charge is -2.15. The number of rotatable bonds is 4. The molecule has 0 radical (unpaired) electrons. The maximum atomic E-state index is 12.0. The number of amides is 1. The van der Waals surface area contributed by atoms with E-state index in [-0.39, 0.29) is 16.9 Å². The molecule has 0 bridgehead atoms. The summed E-state index contributed by atoms with van der Waals surface area (Å²) < 4.78 is 0. The summed E-state index contributed by atoms with van der Waals surface area (Å²) in [4.78, 5) is 12.2. The Labute approximate surface area is 130 Å². The fraction of sp³-hybridized carbons (Fsp3) is 0.176. The van der Waals surface area contributed by atoms with Crippen molar-refractivity contribution in [3.05, 3.63) is 71.8 Å². The predicted octanol–water partition coefficient (Wildman–Crippen LogP) is 2.98. The zero-order valence-electron chi connectivity index (χ0n) is 11.9. The molecule has 1 unspecified atom stereocenters. The summed E-state index contributed by atoms with van der Waals surface area (Å²) in [5, 5.41) is 5.86. The average Bonchev–Trinajstić information content (AvgIpc) is 2.54. The van der Waals surface area contributed by atoms with E-state index < -0.39 is 0 Å². The van der Waals surface area contributed by atoms with Crippen LogP contribution in [0.5, 0.6) is 0 Å². The van der Waals surface area contributed by atoms with Crippen LogP contribution in [0, 0.1) is 0 Å². The molecule has 2 aromatic rings. The molecule has 3 nitrogen and oxygen atoms in total. The zero-order valence-corrected chi connectivity index (χ0v) is 12.7. The maximum Gasteiger partial charge on any atom is 0.279 e. The molecule has 0 fully saturated rings. The summed E-state index contributed by atoms with van der Waals surface area (Å²) in [6.07, 6.45) is 0. The van der Waals surface area contributed by atoms with Crippen molar-refractivity contribution in [1.82, 2.24) is 10.6 Å². The second kappa shape index (κ2) is 7.55. The summed E-state index contributed by atoms with van der Waals surface area (Å²) >= 11 is 5.12. The molecule has 0 aromatic heterocycles. The minimum atomic E-state index is -0.253. The lowest BCUT2D eigenvalue weighted by atomic mass is 10.1. The van der Waals surface area contributed by atoms with Crippen LogP contribution in [0.1, 0.15) is 24.1 Å². The van der Waals surface area contributed by atoms with Crippen molar-refractivity contribution in [2.24, 2.45) is 0 Å². The lowest BCUT2D eigenvalue weighted by Crippen LogP contribution is -2.39. The minimum Gasteiger partial charge on any atom is -0.368 e. The number of nitrogens with one attached hydrogen (secondary N) is 2. The van der Waals surface area contributed by atoms with Gasteiger partial charge in [-0.2, -0.15) is 0 Å². The first-order valence-electron chi connectivity index (χ1n) is 6.84. The Bertz CT molecular complexity index is 599. The second-order valence-electron chi connectivity index (χ2n) is 4.77. The molecule has 0 saturated heterocycles. The molecule has 1 atom stereocenters. The van der Waals surface area contributed by atoms with Crippen molar-refractivity contribution in [3.8, 4) is 0 Å². The fourth-order valence-electron chi connectivity index (χ4n) is 1.95. The van der Waals surface area contributed by atoms with Crippen molar-refractivity contribution in [3.63, 3.8) is 0 Å². The van der Waals surface area contributed by atoms with Gasteiger partial charge in [-0.25, -0.2) is 0 Å². The molecule has 1 amide bonds. The summed E-state index contributed by atoms with van der Waals surface area (Å²) in [6, 6.07) is 19.6. The molecule has 2 N–H and O–H groups in total. The van der Waals surface area contributed by atoms with Crippen molar-refractivity contribution in [1.29, 1.82) is 0 Å². The number of hydrogen-bond acceptors (Lipinski definition) is 2. The van der Waals surface area contributed by atoms with Crippen molar-refractivity contribution < 1.29 is 4.79 Å². The zero-order chi connectivity index (χ0) is 15.1. The van der Waals surface area contributed by atoms with Gasteiger partial charge in [0.15, 0.2) is 4.99 Å². The lowest BCUT2D eigenvalue weighted by molar-refractivity contribution is -0.115. The van der Waals surface area contributed by atoms with Crippen LogP contribution in [0.15, 0.2) is 60.7 Å². The summed E-state index contributed by atoms with van der Waals surface area (Å²) in [6.45, 7) is 2.49. The minimum absolute atomic E-state index is 0.0739. The molecule has 0 spiro atoms. The molecular weight excluding hydrogens is 280 g/mol. The van der Waals surface area contributed by atoms with Gasteiger partial charge in [-0.3, -0.25) is 4.79 Å². The molecule has 2 rings (SSSR count). The van der Waals surface area contributed by atoms with Crippen molar-refractivity contribution in [2.45, 2.75) is 19.5 Å². The van der Waals surface area contributed by atoms with Crippen LogP contribution in [0.2, 0.25) is 0 Å². The normalized spacial score (nSPS) is 11.5. The van der Waals surface area contributed by atoms with Gasteiger partial charge in [0.05, 0.1) is 6.04 Å². The van der Waals surface area contributed by atoms with Gasteiger partial charge in [-0.15, -0.1) is 0 Å². The third-order valence-corrected chi connectivity index (χ3v) is 3.48. The Morgan fingerprint density at radius 3 is 2.24 bits per heavy atom. The fourth-order valence-corrected chi connectivity index (χ4v) is 2.08. The first-order valence-corrected chi connectivity index (χ1v) is 7.25. The van der Waals surface area contributed by atoms with E-state index in [4.69, 9.17) is 12.2 Å². The van der Waals surface area contributed by atoms with Crippen LogP contribution in [-0.2, 0) is 11.3 Å². The summed E-state index contributed by atoms with van der Waals surface area (Å²) in [5.74, 6) is -0.253. The van der Waals surface area contributed by atoms with Crippen LogP contribution in [0.3, 0.4) is 0 Å². The van der Waals surface area contributed by atoms with Crippen LogP contribution in [0.25, 0.3) is 0 Å². The SMILES string of the molecule is CC(NC(=O)C(=S)NCc1ccccc1)c1ccccc1. The van der Waals surface area contributed by atoms with E-state index in [1.54, 1.807) is 0 Å². The van der Waals surface area contributed by atoms with E-state index in [0.29, 0.717) is 6.54 Å². The van der Waals surface area contributed by atoms with Gasteiger partial charge in [0, 0.05) is 6.54 Å². The molecule has 21 heavy (non-hydrogen) atoms. The largest absolute Gasteiger partial charge is 0.368 e. The smallest absolute Gasteiger partial charge is 0.279 e. The Morgan fingerprint density at radius 2 is 1.62 bits per heavy atom. The molecule has 0 aliphatic heterocycles. The first-order chi connectivity index (χ1) is 10.2. The highest BCUT2D eigenvalue weighted by molar-refractivity contribution is 7.82. The van der Waals surface area contributed by atoms with E-state index in [1.807, 2.05) is 67.6 Å². The highest BCUT2D eigenvalue weighted by Gasteiger charge is 2.13. The van der Waals surface area contributed by atoms with Gasteiger partial charge < -0.3 is 10.6 Å². The molecule has 0 aliphatic rings. The number of hydrogen-bond donors (Lipinski definition) is 2. The highest BCUT2D eigenvalue weighted by Crippen LogP contribution is 2.10. The van der Waals surface area contributed by atoms with E-state index in [1.165, 1.54) is 0 Å². The Morgan fingerprint density at radius 1 is 1.05 bits per heavy atom. The number of benzene rings is 2. The molecule has 0 saturated carbocycles. The topological polar surface area (TPSA) is 41.1 Å². The van der Waals surface area contributed by atoms with Gasteiger partial charge >= 0.3 is 0 Å². The van der Waals surface area contributed by atoms with Gasteiger partial charge in [0.1, 0.15) is 0 Å². The third kappa shape index (κ3) is 4.68. The Kier molecular flexibility index (Phi) is 5.46. The predicted molar refractivity (Wildman–Crippen MR) is 88.9 cm³/mol. The Balaban J connectivity index is 1.84. The number of carbonyl (C=O) groups is 1. The molecule has 108 valence electrons. The molecule has 2 aromatic carbocycles. The van der Waals surface area contributed by atoms with E-state index in [2.05, 4.69) is 10.6 Å². The van der Waals surface area contributed by atoms with Crippen LogP contribution < -0.4 is 10.6 Å². The van der Waals surface area contributed by atoms with Crippen LogP contribution >= 0.6 is 12.2 Å². The molecule has 0 heterocycles. The number of thiocarbonyl (C=S) groups is 1. The maximum absolute atomic E-state index is 12.0. The quantitative estimate of drug-likeness (QED) is 0.853. The average molecular weight is 298 g/mol. The highest BCUT2D eigenvalue weighted by atomic mass is 32.1. The summed E-state index contributed by atoms with van der Waals surface area (Å²) in [5.41, 5.74) is 2.14. The van der Waals surface area contributed by atoms with E-state index >= 15 is 0 Å². The van der Waals surface area contributed by atoms with Gasteiger partial charge in [-0.1, -0.05) is 72.9 Å². The van der Waals surface area contributed by atoms with Crippen LogP contribution in [-0.4, -0.2) is 10.9 Å². The van der Waals surface area contributed by atoms with Crippen LogP contribution in [0.4, 0.5) is 0 Å². The molecular formula is C17H18N2OS. The van der Waals surface area contributed by atoms with Gasteiger partial charge in [0.25, 0.3) is 5.91 Å². The first kappa shape index (κ1) is 15.2.